The molecule has 21 heavy (non-hydrogen) atoms. The molecule has 0 aliphatic carbocycles. The summed E-state index contributed by atoms with van der Waals surface area (Å²) < 4.78 is 0. The van der Waals surface area contributed by atoms with Crippen molar-refractivity contribution in [3.8, 4) is 0 Å². The number of rotatable bonds is 5. The highest BCUT2D eigenvalue weighted by Gasteiger charge is 2.20. The highest BCUT2D eigenvalue weighted by Crippen LogP contribution is 2.28. The molecule has 116 valence electrons. The Morgan fingerprint density at radius 2 is 1.95 bits per heavy atom. The van der Waals surface area contributed by atoms with Crippen LogP contribution in [0, 0.1) is 0 Å². The molecule has 0 saturated carbocycles. The molecule has 1 aliphatic rings. The number of carbonyl (C=O) groups excluding carboxylic acids is 2. The van der Waals surface area contributed by atoms with Crippen molar-refractivity contribution in [2.45, 2.75) is 0 Å². The maximum Gasteiger partial charge on any atom is 0.312 e. The van der Waals surface area contributed by atoms with Gasteiger partial charge in [-0.2, -0.15) is 0 Å². The van der Waals surface area contributed by atoms with Crippen LogP contribution in [0.4, 0.5) is 15.7 Å². The van der Waals surface area contributed by atoms with E-state index in [2.05, 4.69) is 25.8 Å². The number of urea groups is 1. The first-order chi connectivity index (χ1) is 10.1. The van der Waals surface area contributed by atoms with E-state index < -0.39 is 6.03 Å². The SMILES string of the molecule is NC(=O)NCCNC(=O)c1sc(N2CCNCC2)nc1N. The van der Waals surface area contributed by atoms with E-state index in [9.17, 15) is 9.59 Å². The van der Waals surface area contributed by atoms with Gasteiger partial charge in [-0.15, -0.1) is 0 Å². The lowest BCUT2D eigenvalue weighted by molar-refractivity contribution is 0.0958. The Kier molecular flexibility index (Phi) is 5.17. The van der Waals surface area contributed by atoms with E-state index in [1.165, 1.54) is 11.3 Å². The summed E-state index contributed by atoms with van der Waals surface area (Å²) in [5.41, 5.74) is 10.7. The lowest BCUT2D eigenvalue weighted by atomic mass is 10.4. The molecule has 0 aromatic carbocycles. The predicted molar refractivity (Wildman–Crippen MR) is 81.5 cm³/mol. The van der Waals surface area contributed by atoms with Crippen molar-refractivity contribution in [1.82, 2.24) is 20.9 Å². The number of thiazole rings is 1. The molecular weight excluding hydrogens is 294 g/mol. The zero-order valence-corrected chi connectivity index (χ0v) is 12.3. The van der Waals surface area contributed by atoms with Crippen molar-refractivity contribution >= 4 is 34.2 Å². The van der Waals surface area contributed by atoms with Gasteiger partial charge in [0.1, 0.15) is 10.7 Å². The fraction of sp³-hybridized carbons (Fsp3) is 0.545. The van der Waals surface area contributed by atoms with E-state index in [0.717, 1.165) is 31.3 Å². The zero-order valence-electron chi connectivity index (χ0n) is 11.5. The number of piperazine rings is 1. The molecule has 2 heterocycles. The Bertz CT molecular complexity index is 513. The Balaban J connectivity index is 1.91. The number of hydrogen-bond donors (Lipinski definition) is 5. The Morgan fingerprint density at radius 1 is 1.29 bits per heavy atom. The van der Waals surface area contributed by atoms with E-state index in [1.807, 2.05) is 0 Å². The van der Waals surface area contributed by atoms with Crippen LogP contribution >= 0.6 is 11.3 Å². The van der Waals surface area contributed by atoms with Crippen molar-refractivity contribution in [3.63, 3.8) is 0 Å². The summed E-state index contributed by atoms with van der Waals surface area (Å²) in [4.78, 5) is 29.3. The van der Waals surface area contributed by atoms with Crippen LogP contribution in [0.15, 0.2) is 0 Å². The number of hydrogen-bond acceptors (Lipinski definition) is 7. The normalized spacial score (nSPS) is 14.8. The fourth-order valence-electron chi connectivity index (χ4n) is 1.92. The first-order valence-electron chi connectivity index (χ1n) is 6.61. The molecule has 1 fully saturated rings. The summed E-state index contributed by atoms with van der Waals surface area (Å²) in [5.74, 6) is -0.0634. The summed E-state index contributed by atoms with van der Waals surface area (Å²) >= 11 is 1.28. The van der Waals surface area contributed by atoms with Crippen molar-refractivity contribution < 1.29 is 9.59 Å². The van der Waals surface area contributed by atoms with E-state index in [0.29, 0.717) is 4.88 Å². The Labute approximate surface area is 126 Å². The highest BCUT2D eigenvalue weighted by atomic mass is 32.1. The van der Waals surface area contributed by atoms with Gasteiger partial charge in [-0.25, -0.2) is 9.78 Å². The fourth-order valence-corrected chi connectivity index (χ4v) is 2.87. The number of carbonyl (C=O) groups is 2. The lowest BCUT2D eigenvalue weighted by Crippen LogP contribution is -2.43. The summed E-state index contributed by atoms with van der Waals surface area (Å²) in [6.45, 7) is 4.01. The van der Waals surface area contributed by atoms with Crippen LogP contribution in [0.5, 0.6) is 0 Å². The topological polar surface area (TPSA) is 138 Å². The number of nitrogens with two attached hydrogens (primary N) is 2. The second kappa shape index (κ2) is 7.09. The molecular formula is C11H19N7O2S. The molecule has 0 spiro atoms. The van der Waals surface area contributed by atoms with Crippen molar-refractivity contribution in [1.29, 1.82) is 0 Å². The lowest BCUT2D eigenvalue weighted by Gasteiger charge is -2.26. The molecule has 3 amide bonds. The Morgan fingerprint density at radius 3 is 2.62 bits per heavy atom. The molecule has 9 nitrogen and oxygen atoms in total. The van der Waals surface area contributed by atoms with Gasteiger partial charge in [0.05, 0.1) is 0 Å². The number of anilines is 2. The van der Waals surface area contributed by atoms with Crippen LogP contribution in [0.2, 0.25) is 0 Å². The van der Waals surface area contributed by atoms with E-state index in [1.54, 1.807) is 0 Å². The maximum atomic E-state index is 12.0. The number of nitrogens with one attached hydrogen (secondary N) is 3. The minimum Gasteiger partial charge on any atom is -0.382 e. The van der Waals surface area contributed by atoms with Gasteiger partial charge in [0.2, 0.25) is 0 Å². The molecule has 7 N–H and O–H groups in total. The predicted octanol–water partition coefficient (Wildman–Crippen LogP) is -1.47. The van der Waals surface area contributed by atoms with Gasteiger partial charge < -0.3 is 32.3 Å². The van der Waals surface area contributed by atoms with Gasteiger partial charge in [-0.3, -0.25) is 4.79 Å². The van der Waals surface area contributed by atoms with Crippen LogP contribution < -0.4 is 32.3 Å². The largest absolute Gasteiger partial charge is 0.382 e. The molecule has 0 atom stereocenters. The van der Waals surface area contributed by atoms with E-state index in [4.69, 9.17) is 11.5 Å². The maximum absolute atomic E-state index is 12.0. The summed E-state index contributed by atoms with van der Waals surface area (Å²) in [6, 6.07) is -0.623. The number of primary amides is 1. The zero-order chi connectivity index (χ0) is 15.2. The van der Waals surface area contributed by atoms with Gasteiger partial charge in [-0.05, 0) is 0 Å². The third-order valence-electron chi connectivity index (χ3n) is 2.95. The number of aromatic nitrogens is 1. The summed E-state index contributed by atoms with van der Waals surface area (Å²) in [7, 11) is 0. The average Bonchev–Trinajstić information content (AvgIpc) is 2.86. The quantitative estimate of drug-likeness (QED) is 0.421. The smallest absolute Gasteiger partial charge is 0.312 e. The second-order valence-electron chi connectivity index (χ2n) is 4.49. The molecule has 0 unspecified atom stereocenters. The number of amides is 3. The van der Waals surface area contributed by atoms with Gasteiger partial charge in [0.25, 0.3) is 5.91 Å². The van der Waals surface area contributed by atoms with Crippen LogP contribution in [-0.2, 0) is 0 Å². The van der Waals surface area contributed by atoms with Crippen molar-refractivity contribution in [3.05, 3.63) is 4.88 Å². The standard InChI is InChI=1S/C11H19N7O2S/c12-8-7(9(19)15-1-2-16-10(13)20)21-11(17-8)18-5-3-14-4-6-18/h14H,1-6,12H2,(H,15,19)(H3,13,16,20). The first kappa shape index (κ1) is 15.3. The molecule has 0 bridgehead atoms. The third-order valence-corrected chi connectivity index (χ3v) is 4.08. The molecule has 1 saturated heterocycles. The van der Waals surface area contributed by atoms with Crippen LogP contribution in [-0.4, -0.2) is 56.2 Å². The van der Waals surface area contributed by atoms with Crippen LogP contribution in [0.3, 0.4) is 0 Å². The average molecular weight is 313 g/mol. The second-order valence-corrected chi connectivity index (χ2v) is 5.47. The Hall–Kier alpha value is -2.07. The highest BCUT2D eigenvalue weighted by molar-refractivity contribution is 7.18. The third kappa shape index (κ3) is 4.20. The van der Waals surface area contributed by atoms with Gasteiger partial charge >= 0.3 is 6.03 Å². The molecule has 10 heteroatoms. The van der Waals surface area contributed by atoms with Gasteiger partial charge in [0.15, 0.2) is 5.13 Å². The van der Waals surface area contributed by atoms with Crippen LogP contribution in [0.1, 0.15) is 9.67 Å². The summed E-state index contributed by atoms with van der Waals surface area (Å²) in [5, 5.41) is 9.06. The van der Waals surface area contributed by atoms with Crippen molar-refractivity contribution in [2.24, 2.45) is 5.73 Å². The van der Waals surface area contributed by atoms with Crippen LogP contribution in [0.25, 0.3) is 0 Å². The number of nitrogens with zero attached hydrogens (tertiary/aromatic N) is 2. The van der Waals surface area contributed by atoms with Gasteiger partial charge in [-0.1, -0.05) is 11.3 Å². The molecule has 1 aromatic rings. The molecule has 1 aliphatic heterocycles. The van der Waals surface area contributed by atoms with E-state index >= 15 is 0 Å². The monoisotopic (exact) mass is 313 g/mol. The summed E-state index contributed by atoms with van der Waals surface area (Å²) in [6.07, 6.45) is 0. The minimum atomic E-state index is -0.623. The first-order valence-corrected chi connectivity index (χ1v) is 7.43. The van der Waals surface area contributed by atoms with Gasteiger partial charge in [0, 0.05) is 39.3 Å². The number of nitrogen functional groups attached to an aromatic ring is 1. The molecule has 0 radical (unpaired) electrons. The minimum absolute atomic E-state index is 0.230. The van der Waals surface area contributed by atoms with Crippen molar-refractivity contribution in [2.75, 3.05) is 49.9 Å². The van der Waals surface area contributed by atoms with E-state index in [-0.39, 0.29) is 24.8 Å². The molecule has 1 aromatic heterocycles. The molecule has 2 rings (SSSR count).